The van der Waals surface area contributed by atoms with Crippen molar-refractivity contribution in [2.75, 3.05) is 4.90 Å². The number of nitrogens with zero attached hydrogens (tertiary/aromatic N) is 1. The average molecular weight is 631 g/mol. The Morgan fingerprint density at radius 3 is 1.81 bits per heavy atom. The Hall–Kier alpha value is -5.90. The fourth-order valence-corrected chi connectivity index (χ4v) is 8.79. The van der Waals surface area contributed by atoms with E-state index in [1.165, 1.54) is 75.8 Å². The lowest BCUT2D eigenvalue weighted by molar-refractivity contribution is 0.787. The van der Waals surface area contributed by atoms with Crippen LogP contribution in [0.5, 0.6) is 0 Å². The first-order chi connectivity index (χ1) is 23.8. The molecule has 0 unspecified atom stereocenters. The zero-order chi connectivity index (χ0) is 31.6. The molecule has 0 amide bonds. The van der Waals surface area contributed by atoms with Crippen LogP contribution in [-0.4, -0.2) is 0 Å². The van der Waals surface area contributed by atoms with Gasteiger partial charge in [0.05, 0.1) is 0 Å². The summed E-state index contributed by atoms with van der Waals surface area (Å²) in [5.74, 6) is 1.08. The predicted molar refractivity (Wildman–Crippen MR) is 204 cm³/mol. The molecule has 1 aromatic heterocycles. The van der Waals surface area contributed by atoms with Gasteiger partial charge in [0.15, 0.2) is 0 Å². The molecule has 0 bridgehead atoms. The Balaban J connectivity index is 1.07. The summed E-state index contributed by atoms with van der Waals surface area (Å²) in [6.45, 7) is 0.797. The highest BCUT2D eigenvalue weighted by molar-refractivity contribution is 7.20. The number of benzene rings is 7. The summed E-state index contributed by atoms with van der Waals surface area (Å²) in [6.07, 6.45) is 2.32. The maximum absolute atomic E-state index is 3.79. The molecule has 10 rings (SSSR count). The first-order valence-electron chi connectivity index (χ1n) is 16.5. The number of nitrogens with one attached hydrogen (secondary N) is 1. The normalized spacial score (nSPS) is 12.8. The van der Waals surface area contributed by atoms with Gasteiger partial charge >= 0.3 is 0 Å². The Bertz CT molecular complexity index is 2510. The van der Waals surface area contributed by atoms with E-state index >= 15 is 0 Å². The maximum Gasteiger partial charge on any atom is 0.112 e. The summed E-state index contributed by atoms with van der Waals surface area (Å²) >= 11 is 1.87. The average Bonchev–Trinajstić information content (AvgIpc) is 3.69. The van der Waals surface area contributed by atoms with Gasteiger partial charge in [0.2, 0.25) is 0 Å². The fourth-order valence-electron chi connectivity index (χ4n) is 7.63. The van der Waals surface area contributed by atoms with Crippen molar-refractivity contribution in [2.24, 2.45) is 0 Å². The van der Waals surface area contributed by atoms with Crippen molar-refractivity contribution in [1.29, 1.82) is 0 Å². The summed E-state index contributed by atoms with van der Waals surface area (Å²) in [5.41, 5.74) is 13.8. The second-order valence-electron chi connectivity index (χ2n) is 12.6. The van der Waals surface area contributed by atoms with Crippen molar-refractivity contribution < 1.29 is 0 Å². The Morgan fingerprint density at radius 1 is 0.458 bits per heavy atom. The van der Waals surface area contributed by atoms with Gasteiger partial charge in [-0.05, 0) is 103 Å². The van der Waals surface area contributed by atoms with E-state index in [1.54, 1.807) is 0 Å². The van der Waals surface area contributed by atoms with Gasteiger partial charge < -0.3 is 5.32 Å². The van der Waals surface area contributed by atoms with Crippen molar-refractivity contribution >= 4 is 49.6 Å². The molecule has 0 radical (unpaired) electrons. The molecule has 48 heavy (non-hydrogen) atoms. The first kappa shape index (κ1) is 27.2. The molecule has 1 N–H and O–H groups in total. The van der Waals surface area contributed by atoms with Crippen molar-refractivity contribution in [2.45, 2.75) is 6.54 Å². The van der Waals surface area contributed by atoms with E-state index in [4.69, 9.17) is 0 Å². The van der Waals surface area contributed by atoms with Gasteiger partial charge in [-0.2, -0.15) is 0 Å². The number of hydrogen-bond acceptors (Lipinski definition) is 3. The zero-order valence-electron chi connectivity index (χ0n) is 26.2. The van der Waals surface area contributed by atoms with E-state index in [0.717, 1.165) is 23.7 Å². The van der Waals surface area contributed by atoms with Crippen LogP contribution in [-0.2, 0) is 6.54 Å². The highest BCUT2D eigenvalue weighted by Crippen LogP contribution is 2.49. The predicted octanol–water partition coefficient (Wildman–Crippen LogP) is 12.3. The zero-order valence-corrected chi connectivity index (χ0v) is 27.0. The fraction of sp³-hybridized carbons (Fsp3) is 0.0222. The molecular weight excluding hydrogens is 601 g/mol. The van der Waals surface area contributed by atoms with Crippen LogP contribution < -0.4 is 10.2 Å². The van der Waals surface area contributed by atoms with Crippen molar-refractivity contribution in [1.82, 2.24) is 5.32 Å². The molecule has 0 saturated carbocycles. The van der Waals surface area contributed by atoms with E-state index in [1.807, 2.05) is 11.3 Å². The smallest absolute Gasteiger partial charge is 0.112 e. The minimum atomic E-state index is 0.797. The van der Waals surface area contributed by atoms with Crippen LogP contribution in [0.2, 0.25) is 0 Å². The molecule has 1 aliphatic carbocycles. The minimum absolute atomic E-state index is 0.797. The van der Waals surface area contributed by atoms with Gasteiger partial charge in [0.25, 0.3) is 0 Å². The molecule has 2 nitrogen and oxygen atoms in total. The molecule has 2 aliphatic rings. The SMILES string of the molecule is C1=C(N(c2ccc(-c3ccccc3)cc2)c2ccc(-c3ccc4c5c(cccc35)-c3ccccc3-4)cc2)NCc2c1sc1ccccc21. The maximum atomic E-state index is 3.79. The highest BCUT2D eigenvalue weighted by atomic mass is 32.1. The monoisotopic (exact) mass is 630 g/mol. The Morgan fingerprint density at radius 2 is 1.04 bits per heavy atom. The minimum Gasteiger partial charge on any atom is -0.367 e. The Labute approximate surface area is 283 Å². The largest absolute Gasteiger partial charge is 0.367 e. The van der Waals surface area contributed by atoms with E-state index in [2.05, 4.69) is 174 Å². The number of anilines is 2. The van der Waals surface area contributed by atoms with Gasteiger partial charge in [-0.25, -0.2) is 0 Å². The molecule has 0 saturated heterocycles. The van der Waals surface area contributed by atoms with Crippen LogP contribution in [0.4, 0.5) is 11.4 Å². The summed E-state index contributed by atoms with van der Waals surface area (Å²) in [4.78, 5) is 3.68. The summed E-state index contributed by atoms with van der Waals surface area (Å²) in [5, 5.41) is 7.79. The van der Waals surface area contributed by atoms with Crippen molar-refractivity contribution in [3.05, 3.63) is 174 Å². The van der Waals surface area contributed by atoms with E-state index in [9.17, 15) is 0 Å². The Kier molecular flexibility index (Phi) is 6.15. The van der Waals surface area contributed by atoms with Gasteiger partial charge in [0, 0.05) is 27.5 Å². The third-order valence-electron chi connectivity index (χ3n) is 9.90. The molecule has 8 aromatic rings. The highest BCUT2D eigenvalue weighted by Gasteiger charge is 2.24. The van der Waals surface area contributed by atoms with Crippen LogP contribution in [0.3, 0.4) is 0 Å². The summed E-state index contributed by atoms with van der Waals surface area (Å²) in [6, 6.07) is 57.4. The third kappa shape index (κ3) is 4.25. The summed E-state index contributed by atoms with van der Waals surface area (Å²) < 4.78 is 1.33. The van der Waals surface area contributed by atoms with Gasteiger partial charge in [-0.3, -0.25) is 4.90 Å². The van der Waals surface area contributed by atoms with Crippen LogP contribution in [0, 0.1) is 0 Å². The molecule has 0 spiro atoms. The molecule has 0 fully saturated rings. The quantitative estimate of drug-likeness (QED) is 0.204. The van der Waals surface area contributed by atoms with E-state index in [-0.39, 0.29) is 0 Å². The molecule has 7 aromatic carbocycles. The number of fused-ring (bicyclic) bond motifs is 6. The topological polar surface area (TPSA) is 15.3 Å². The summed E-state index contributed by atoms with van der Waals surface area (Å²) in [7, 11) is 0. The van der Waals surface area contributed by atoms with E-state index < -0.39 is 0 Å². The molecule has 3 heteroatoms. The first-order valence-corrected chi connectivity index (χ1v) is 17.3. The van der Waals surface area contributed by atoms with Crippen LogP contribution in [0.1, 0.15) is 10.4 Å². The lowest BCUT2D eigenvalue weighted by Gasteiger charge is -2.31. The molecule has 226 valence electrons. The second-order valence-corrected chi connectivity index (χ2v) is 13.6. The molecule has 1 aliphatic heterocycles. The standard InChI is InChI=1S/C45H30N2S/c1-2-9-29(10-3-1)30-17-21-32(22-18-30)47(44-27-43-41(28-46-44)37-13-6-7-16-42(37)48-43)33-23-19-31(20-24-33)34-25-26-40-36-12-5-4-11-35(36)39-15-8-14-38(34)45(39)40/h1-27,46H,28H2. The second kappa shape index (κ2) is 10.8. The molecule has 0 atom stereocenters. The van der Waals surface area contributed by atoms with E-state index in [0.29, 0.717) is 0 Å². The number of rotatable bonds is 5. The lowest BCUT2D eigenvalue weighted by atomic mass is 9.94. The van der Waals surface area contributed by atoms with Crippen LogP contribution >= 0.6 is 11.3 Å². The van der Waals surface area contributed by atoms with Gasteiger partial charge in [0.1, 0.15) is 5.82 Å². The van der Waals surface area contributed by atoms with Crippen molar-refractivity contribution in [3.8, 4) is 44.5 Å². The van der Waals surface area contributed by atoms with Gasteiger partial charge in [-0.1, -0.05) is 127 Å². The third-order valence-corrected chi connectivity index (χ3v) is 11.1. The number of thiophene rings is 1. The van der Waals surface area contributed by atoms with Crippen LogP contribution in [0.15, 0.2) is 164 Å². The lowest BCUT2D eigenvalue weighted by Crippen LogP contribution is -2.29. The van der Waals surface area contributed by atoms with Crippen LogP contribution in [0.25, 0.3) is 71.4 Å². The van der Waals surface area contributed by atoms with Gasteiger partial charge in [-0.15, -0.1) is 11.3 Å². The van der Waals surface area contributed by atoms with Crippen molar-refractivity contribution in [3.63, 3.8) is 0 Å². The number of hydrogen-bond donors (Lipinski definition) is 1. The molecule has 2 heterocycles. The molecular formula is C45H30N2S.